The Kier molecular flexibility index (Phi) is 5.37. The Morgan fingerprint density at radius 2 is 1.75 bits per heavy atom. The Labute approximate surface area is 123 Å². The van der Waals surface area contributed by atoms with E-state index in [4.69, 9.17) is 0 Å². The van der Waals surface area contributed by atoms with Gasteiger partial charge in [-0.15, -0.1) is 0 Å². The summed E-state index contributed by atoms with van der Waals surface area (Å²) in [6.45, 7) is 4.37. The highest BCUT2D eigenvalue weighted by atomic mass is 14.9. The number of hydrogen-bond acceptors (Lipinski definition) is 1. The number of aryl methyl sites for hydroxylation is 3. The third kappa shape index (κ3) is 4.21. The van der Waals surface area contributed by atoms with Gasteiger partial charge < -0.3 is 5.32 Å². The summed E-state index contributed by atoms with van der Waals surface area (Å²) in [5.74, 6) is 0. The lowest BCUT2D eigenvalue weighted by Gasteiger charge is -2.18. The van der Waals surface area contributed by atoms with Gasteiger partial charge >= 0.3 is 0 Å². The molecule has 0 aromatic heterocycles. The predicted molar refractivity (Wildman–Crippen MR) is 87.2 cm³/mol. The average Bonchev–Trinajstić information content (AvgIpc) is 2.48. The second-order valence-corrected chi connectivity index (χ2v) is 5.64. The molecule has 0 aliphatic carbocycles. The van der Waals surface area contributed by atoms with Crippen LogP contribution in [0.3, 0.4) is 0 Å². The molecule has 1 heteroatoms. The van der Waals surface area contributed by atoms with E-state index >= 15 is 0 Å². The fourth-order valence-electron chi connectivity index (χ4n) is 2.62. The van der Waals surface area contributed by atoms with E-state index in [1.54, 1.807) is 0 Å². The van der Waals surface area contributed by atoms with Crippen LogP contribution in [0.25, 0.3) is 0 Å². The van der Waals surface area contributed by atoms with Crippen molar-refractivity contribution in [1.29, 1.82) is 0 Å². The van der Waals surface area contributed by atoms with Crippen LogP contribution in [0, 0.1) is 13.8 Å². The van der Waals surface area contributed by atoms with Gasteiger partial charge in [0.05, 0.1) is 0 Å². The van der Waals surface area contributed by atoms with Crippen LogP contribution >= 0.6 is 0 Å². The van der Waals surface area contributed by atoms with E-state index in [1.807, 2.05) is 0 Å². The number of rotatable bonds is 6. The lowest BCUT2D eigenvalue weighted by molar-refractivity contribution is 0.519. The van der Waals surface area contributed by atoms with Gasteiger partial charge in [-0.05, 0) is 56.8 Å². The summed E-state index contributed by atoms with van der Waals surface area (Å²) >= 11 is 0. The maximum Gasteiger partial charge on any atom is 0.0108 e. The van der Waals surface area contributed by atoms with E-state index in [-0.39, 0.29) is 0 Å². The number of nitrogens with one attached hydrogen (secondary N) is 1. The van der Waals surface area contributed by atoms with Crippen LogP contribution in [0.1, 0.15) is 28.7 Å². The van der Waals surface area contributed by atoms with E-state index in [0.717, 1.165) is 12.8 Å². The second kappa shape index (κ2) is 7.25. The number of likely N-dealkylation sites (N-methyl/N-ethyl adjacent to an activating group) is 1. The van der Waals surface area contributed by atoms with Crippen molar-refractivity contribution in [3.63, 3.8) is 0 Å². The van der Waals surface area contributed by atoms with Crippen LogP contribution in [0.4, 0.5) is 0 Å². The van der Waals surface area contributed by atoms with Crippen LogP contribution < -0.4 is 5.32 Å². The Hall–Kier alpha value is -1.60. The van der Waals surface area contributed by atoms with Crippen molar-refractivity contribution in [1.82, 2.24) is 5.32 Å². The molecule has 0 amide bonds. The summed E-state index contributed by atoms with van der Waals surface area (Å²) in [5, 5.41) is 3.47. The summed E-state index contributed by atoms with van der Waals surface area (Å²) in [4.78, 5) is 0. The lowest BCUT2D eigenvalue weighted by atomic mass is 9.95. The summed E-state index contributed by atoms with van der Waals surface area (Å²) < 4.78 is 0. The standard InChI is InChI=1S/C19H25N/c1-15-9-10-16(2)18(13-15)14-19(20-3)12-11-17-7-5-4-6-8-17/h4-10,13,19-20H,11-12,14H2,1-3H3. The smallest absolute Gasteiger partial charge is 0.0108 e. The van der Waals surface area contributed by atoms with Crippen molar-refractivity contribution in [2.45, 2.75) is 39.2 Å². The lowest BCUT2D eigenvalue weighted by Crippen LogP contribution is -2.28. The van der Waals surface area contributed by atoms with E-state index in [1.165, 1.54) is 28.7 Å². The SMILES string of the molecule is CNC(CCc1ccccc1)Cc1cc(C)ccc1C. The maximum absolute atomic E-state index is 3.47. The van der Waals surface area contributed by atoms with Gasteiger partial charge in [-0.1, -0.05) is 54.1 Å². The van der Waals surface area contributed by atoms with Gasteiger partial charge in [0.25, 0.3) is 0 Å². The van der Waals surface area contributed by atoms with Crippen molar-refractivity contribution in [2.75, 3.05) is 7.05 Å². The normalized spacial score (nSPS) is 12.3. The molecule has 0 radical (unpaired) electrons. The third-order valence-corrected chi connectivity index (χ3v) is 4.00. The van der Waals surface area contributed by atoms with Gasteiger partial charge in [0, 0.05) is 6.04 Å². The molecule has 0 saturated heterocycles. The quantitative estimate of drug-likeness (QED) is 0.832. The summed E-state index contributed by atoms with van der Waals surface area (Å²) in [6.07, 6.45) is 3.42. The van der Waals surface area contributed by atoms with Crippen LogP contribution in [-0.4, -0.2) is 13.1 Å². The van der Waals surface area contributed by atoms with Gasteiger partial charge in [-0.2, -0.15) is 0 Å². The van der Waals surface area contributed by atoms with Crippen molar-refractivity contribution in [3.05, 3.63) is 70.8 Å². The molecule has 0 bridgehead atoms. The first-order valence-corrected chi connectivity index (χ1v) is 7.46. The molecule has 1 N–H and O–H groups in total. The molecule has 106 valence electrons. The first-order valence-electron chi connectivity index (χ1n) is 7.46. The molecule has 1 unspecified atom stereocenters. The van der Waals surface area contributed by atoms with Crippen molar-refractivity contribution < 1.29 is 0 Å². The maximum atomic E-state index is 3.47. The van der Waals surface area contributed by atoms with Crippen molar-refractivity contribution >= 4 is 0 Å². The highest BCUT2D eigenvalue weighted by molar-refractivity contribution is 5.31. The molecule has 0 heterocycles. The van der Waals surface area contributed by atoms with Crippen molar-refractivity contribution in [2.24, 2.45) is 0 Å². The Balaban J connectivity index is 1.97. The molecule has 0 spiro atoms. The zero-order chi connectivity index (χ0) is 14.4. The van der Waals surface area contributed by atoms with Crippen molar-refractivity contribution in [3.8, 4) is 0 Å². The van der Waals surface area contributed by atoms with Gasteiger partial charge in [0.2, 0.25) is 0 Å². The highest BCUT2D eigenvalue weighted by Gasteiger charge is 2.09. The zero-order valence-electron chi connectivity index (χ0n) is 12.8. The second-order valence-electron chi connectivity index (χ2n) is 5.64. The van der Waals surface area contributed by atoms with Crippen LogP contribution in [-0.2, 0) is 12.8 Å². The van der Waals surface area contributed by atoms with E-state index in [9.17, 15) is 0 Å². The Bertz CT molecular complexity index is 531. The molecule has 0 saturated carbocycles. The molecular weight excluding hydrogens is 242 g/mol. The van der Waals surface area contributed by atoms with Gasteiger partial charge in [0.15, 0.2) is 0 Å². The highest BCUT2D eigenvalue weighted by Crippen LogP contribution is 2.15. The molecule has 2 aromatic carbocycles. The van der Waals surface area contributed by atoms with Gasteiger partial charge in [-0.25, -0.2) is 0 Å². The van der Waals surface area contributed by atoms with E-state index < -0.39 is 0 Å². The minimum Gasteiger partial charge on any atom is -0.317 e. The minimum atomic E-state index is 0.538. The molecule has 2 aromatic rings. The van der Waals surface area contributed by atoms with Crippen LogP contribution in [0.15, 0.2) is 48.5 Å². The fraction of sp³-hybridized carbons (Fsp3) is 0.368. The van der Waals surface area contributed by atoms with Crippen LogP contribution in [0.2, 0.25) is 0 Å². The predicted octanol–water partition coefficient (Wildman–Crippen LogP) is 4.07. The molecule has 2 rings (SSSR count). The van der Waals surface area contributed by atoms with Crippen LogP contribution in [0.5, 0.6) is 0 Å². The summed E-state index contributed by atoms with van der Waals surface area (Å²) in [7, 11) is 2.07. The molecular formula is C19H25N. The summed E-state index contributed by atoms with van der Waals surface area (Å²) in [5.41, 5.74) is 5.64. The third-order valence-electron chi connectivity index (χ3n) is 4.00. The Morgan fingerprint density at radius 3 is 2.45 bits per heavy atom. The largest absolute Gasteiger partial charge is 0.317 e. The summed E-state index contributed by atoms with van der Waals surface area (Å²) in [6, 6.07) is 18.0. The first kappa shape index (κ1) is 14.8. The number of hydrogen-bond donors (Lipinski definition) is 1. The molecule has 1 nitrogen and oxygen atoms in total. The number of benzene rings is 2. The van der Waals surface area contributed by atoms with E-state index in [2.05, 4.69) is 74.7 Å². The average molecular weight is 267 g/mol. The molecule has 20 heavy (non-hydrogen) atoms. The van der Waals surface area contributed by atoms with E-state index in [0.29, 0.717) is 6.04 Å². The molecule has 0 aliphatic rings. The zero-order valence-corrected chi connectivity index (χ0v) is 12.8. The minimum absolute atomic E-state index is 0.538. The monoisotopic (exact) mass is 267 g/mol. The first-order chi connectivity index (χ1) is 9.69. The van der Waals surface area contributed by atoms with Gasteiger partial charge in [-0.3, -0.25) is 0 Å². The molecule has 1 atom stereocenters. The fourth-order valence-corrected chi connectivity index (χ4v) is 2.62. The molecule has 0 fully saturated rings. The Morgan fingerprint density at radius 1 is 1.00 bits per heavy atom. The molecule has 0 aliphatic heterocycles. The topological polar surface area (TPSA) is 12.0 Å². The van der Waals surface area contributed by atoms with Gasteiger partial charge in [0.1, 0.15) is 0 Å².